The first kappa shape index (κ1) is 15.3. The summed E-state index contributed by atoms with van der Waals surface area (Å²) in [6.07, 6.45) is 0.820. The number of hydrogen-bond donors (Lipinski definition) is 2. The number of aryl methyl sites for hydroxylation is 1. The maximum atomic E-state index is 12.2. The Labute approximate surface area is 134 Å². The molecule has 1 aromatic heterocycles. The van der Waals surface area contributed by atoms with Crippen LogP contribution in [0.1, 0.15) is 38.2 Å². The number of urea groups is 1. The van der Waals surface area contributed by atoms with Gasteiger partial charge in [0.25, 0.3) is 0 Å². The molecule has 8 nitrogen and oxygen atoms in total. The monoisotopic (exact) mass is 316 g/mol. The number of amides is 2. The summed E-state index contributed by atoms with van der Waals surface area (Å²) in [5.74, 6) is 1.32. The van der Waals surface area contributed by atoms with Crippen molar-refractivity contribution in [3.05, 3.63) is 29.6 Å². The van der Waals surface area contributed by atoms with Crippen molar-refractivity contribution in [1.82, 2.24) is 25.5 Å². The van der Waals surface area contributed by atoms with Gasteiger partial charge in [0.15, 0.2) is 5.82 Å². The van der Waals surface area contributed by atoms with Crippen LogP contribution in [0.25, 0.3) is 0 Å². The molecule has 3 rings (SSSR count). The van der Waals surface area contributed by atoms with E-state index in [1.807, 2.05) is 39.0 Å². The number of nitrogens with one attached hydrogen (secondary N) is 2. The summed E-state index contributed by atoms with van der Waals surface area (Å²) in [6, 6.07) is 5.11. The molecule has 1 aromatic carbocycles. The third-order valence-electron chi connectivity index (χ3n) is 3.73. The number of benzene rings is 1. The number of rotatable bonds is 3. The predicted octanol–water partition coefficient (Wildman–Crippen LogP) is 1.81. The van der Waals surface area contributed by atoms with Gasteiger partial charge in [0.1, 0.15) is 11.4 Å². The fourth-order valence-electron chi connectivity index (χ4n) is 2.74. The molecule has 2 heterocycles. The SMILES string of the molecule is C[C@@H](NC(=O)Nc1cccc2c1OC(C)(C)C2)c1nnnn1C. The van der Waals surface area contributed by atoms with Crippen LogP contribution in [0.4, 0.5) is 10.5 Å². The molecule has 2 aromatic rings. The summed E-state index contributed by atoms with van der Waals surface area (Å²) >= 11 is 0. The Kier molecular flexibility index (Phi) is 3.67. The van der Waals surface area contributed by atoms with Gasteiger partial charge in [-0.05, 0) is 37.3 Å². The third-order valence-corrected chi connectivity index (χ3v) is 3.73. The maximum Gasteiger partial charge on any atom is 0.319 e. The van der Waals surface area contributed by atoms with Crippen LogP contribution in [0.15, 0.2) is 18.2 Å². The Morgan fingerprint density at radius 3 is 2.91 bits per heavy atom. The second kappa shape index (κ2) is 5.53. The van der Waals surface area contributed by atoms with Crippen LogP contribution >= 0.6 is 0 Å². The second-order valence-electron chi connectivity index (χ2n) is 6.31. The molecule has 2 N–H and O–H groups in total. The van der Waals surface area contributed by atoms with E-state index in [1.54, 1.807) is 7.05 Å². The van der Waals surface area contributed by atoms with E-state index >= 15 is 0 Å². The predicted molar refractivity (Wildman–Crippen MR) is 84.2 cm³/mol. The van der Waals surface area contributed by atoms with Crippen molar-refractivity contribution < 1.29 is 9.53 Å². The van der Waals surface area contributed by atoms with Crippen molar-refractivity contribution >= 4 is 11.7 Å². The minimum Gasteiger partial charge on any atom is -0.485 e. The number of hydrogen-bond acceptors (Lipinski definition) is 5. The highest BCUT2D eigenvalue weighted by Crippen LogP contribution is 2.40. The highest BCUT2D eigenvalue weighted by Gasteiger charge is 2.32. The zero-order valence-corrected chi connectivity index (χ0v) is 13.6. The smallest absolute Gasteiger partial charge is 0.319 e. The number of tetrazole rings is 1. The standard InChI is InChI=1S/C15H20N6O2/c1-9(13-18-19-20-21(13)4)16-14(22)17-11-7-5-6-10-8-15(2,3)23-12(10)11/h5-7,9H,8H2,1-4H3,(H2,16,17,22)/t9-/m1/s1. The fraction of sp³-hybridized carbons (Fsp3) is 0.467. The van der Waals surface area contributed by atoms with Gasteiger partial charge >= 0.3 is 6.03 Å². The third kappa shape index (κ3) is 3.10. The molecule has 122 valence electrons. The first-order chi connectivity index (χ1) is 10.9. The van der Waals surface area contributed by atoms with Crippen molar-refractivity contribution in [3.8, 4) is 5.75 Å². The molecule has 0 saturated heterocycles. The summed E-state index contributed by atoms with van der Waals surface area (Å²) in [7, 11) is 1.73. The van der Waals surface area contributed by atoms with E-state index in [0.717, 1.165) is 17.7 Å². The summed E-state index contributed by atoms with van der Waals surface area (Å²) < 4.78 is 7.47. The molecule has 0 spiro atoms. The van der Waals surface area contributed by atoms with Gasteiger partial charge in [-0.15, -0.1) is 5.10 Å². The molecule has 0 aliphatic carbocycles. The molecule has 0 unspecified atom stereocenters. The van der Waals surface area contributed by atoms with Crippen LogP contribution in [-0.2, 0) is 13.5 Å². The number of aromatic nitrogens is 4. The van der Waals surface area contributed by atoms with Crippen LogP contribution in [-0.4, -0.2) is 31.8 Å². The van der Waals surface area contributed by atoms with Gasteiger partial charge in [-0.2, -0.15) is 0 Å². The van der Waals surface area contributed by atoms with Gasteiger partial charge in [0.2, 0.25) is 0 Å². The van der Waals surface area contributed by atoms with Gasteiger partial charge in [-0.25, -0.2) is 9.48 Å². The number of para-hydroxylation sites is 1. The highest BCUT2D eigenvalue weighted by molar-refractivity contribution is 5.91. The molecule has 0 fully saturated rings. The average molecular weight is 316 g/mol. The zero-order valence-electron chi connectivity index (χ0n) is 13.6. The van der Waals surface area contributed by atoms with E-state index in [9.17, 15) is 4.79 Å². The normalized spacial score (nSPS) is 16.3. The molecule has 1 atom stereocenters. The lowest BCUT2D eigenvalue weighted by atomic mass is 10.0. The van der Waals surface area contributed by atoms with Crippen LogP contribution < -0.4 is 15.4 Å². The Hall–Kier alpha value is -2.64. The molecule has 8 heteroatoms. The van der Waals surface area contributed by atoms with E-state index in [4.69, 9.17) is 4.74 Å². The number of nitrogens with zero attached hydrogens (tertiary/aromatic N) is 4. The quantitative estimate of drug-likeness (QED) is 0.900. The summed E-state index contributed by atoms with van der Waals surface area (Å²) in [6.45, 7) is 5.88. The minimum atomic E-state index is -0.331. The number of carbonyl (C=O) groups is 1. The Morgan fingerprint density at radius 2 is 2.22 bits per heavy atom. The van der Waals surface area contributed by atoms with Crippen LogP contribution in [0, 0.1) is 0 Å². The first-order valence-electron chi connectivity index (χ1n) is 7.46. The summed E-state index contributed by atoms with van der Waals surface area (Å²) in [5.41, 5.74) is 1.50. The van der Waals surface area contributed by atoms with Crippen LogP contribution in [0.2, 0.25) is 0 Å². The Balaban J connectivity index is 1.70. The lowest BCUT2D eigenvalue weighted by Gasteiger charge is -2.19. The molecule has 0 saturated carbocycles. The van der Waals surface area contributed by atoms with Gasteiger partial charge in [-0.3, -0.25) is 0 Å². The van der Waals surface area contributed by atoms with E-state index in [0.29, 0.717) is 11.5 Å². The maximum absolute atomic E-state index is 12.2. The molecule has 23 heavy (non-hydrogen) atoms. The summed E-state index contributed by atoms with van der Waals surface area (Å²) in [5, 5.41) is 16.9. The van der Waals surface area contributed by atoms with Crippen molar-refractivity contribution in [2.75, 3.05) is 5.32 Å². The minimum absolute atomic E-state index is 0.256. The lowest BCUT2D eigenvalue weighted by Crippen LogP contribution is -2.32. The van der Waals surface area contributed by atoms with E-state index in [-0.39, 0.29) is 17.7 Å². The highest BCUT2D eigenvalue weighted by atomic mass is 16.5. The van der Waals surface area contributed by atoms with E-state index < -0.39 is 0 Å². The molecule has 0 radical (unpaired) electrons. The van der Waals surface area contributed by atoms with Crippen molar-refractivity contribution in [3.63, 3.8) is 0 Å². The number of carbonyl (C=O) groups excluding carboxylic acids is 1. The van der Waals surface area contributed by atoms with Crippen molar-refractivity contribution in [2.45, 2.75) is 38.8 Å². The molecule has 2 amide bonds. The van der Waals surface area contributed by atoms with E-state index in [2.05, 4.69) is 26.2 Å². The zero-order chi connectivity index (χ0) is 16.6. The van der Waals surface area contributed by atoms with Crippen LogP contribution in [0.3, 0.4) is 0 Å². The van der Waals surface area contributed by atoms with E-state index in [1.165, 1.54) is 4.68 Å². The average Bonchev–Trinajstić information content (AvgIpc) is 3.01. The number of fused-ring (bicyclic) bond motifs is 1. The van der Waals surface area contributed by atoms with Gasteiger partial charge in [0, 0.05) is 19.0 Å². The Morgan fingerprint density at radius 1 is 1.43 bits per heavy atom. The van der Waals surface area contributed by atoms with Gasteiger partial charge in [-0.1, -0.05) is 12.1 Å². The topological polar surface area (TPSA) is 94.0 Å². The van der Waals surface area contributed by atoms with Crippen LogP contribution in [0.5, 0.6) is 5.75 Å². The number of anilines is 1. The Bertz CT molecular complexity index is 739. The second-order valence-corrected chi connectivity index (χ2v) is 6.31. The molecule has 1 aliphatic rings. The molecular weight excluding hydrogens is 296 g/mol. The molecule has 1 aliphatic heterocycles. The lowest BCUT2D eigenvalue weighted by molar-refractivity contribution is 0.139. The first-order valence-corrected chi connectivity index (χ1v) is 7.46. The molecular formula is C15H20N6O2. The fourth-order valence-corrected chi connectivity index (χ4v) is 2.74. The largest absolute Gasteiger partial charge is 0.485 e. The summed E-state index contributed by atoms with van der Waals surface area (Å²) in [4.78, 5) is 12.2. The van der Waals surface area contributed by atoms with Gasteiger partial charge < -0.3 is 15.4 Å². The molecule has 0 bridgehead atoms. The van der Waals surface area contributed by atoms with Gasteiger partial charge in [0.05, 0.1) is 11.7 Å². The number of ether oxygens (including phenoxy) is 1. The van der Waals surface area contributed by atoms with Crippen molar-refractivity contribution in [2.24, 2.45) is 7.05 Å². The van der Waals surface area contributed by atoms with Crippen molar-refractivity contribution in [1.29, 1.82) is 0 Å².